The van der Waals surface area contributed by atoms with E-state index in [9.17, 15) is 14.9 Å². The van der Waals surface area contributed by atoms with Gasteiger partial charge in [-0.2, -0.15) is 5.10 Å². The molecule has 0 bridgehead atoms. The molecule has 0 atom stereocenters. The number of carbonyl (C=O) groups excluding carboxylic acids is 1. The molecule has 1 N–H and O–H groups in total. The third-order valence-corrected chi connectivity index (χ3v) is 2.97. The number of carbonyl (C=O) groups is 1. The first-order chi connectivity index (χ1) is 10.5. The zero-order valence-electron chi connectivity index (χ0n) is 12.1. The smallest absolute Gasteiger partial charge is 0.267 e. The minimum Gasteiger partial charge on any atom is -0.267 e. The van der Waals surface area contributed by atoms with Crippen LogP contribution in [-0.4, -0.2) is 21.5 Å². The number of rotatable bonds is 4. The van der Waals surface area contributed by atoms with Gasteiger partial charge in [-0.05, 0) is 26.0 Å². The van der Waals surface area contributed by atoms with Crippen LogP contribution < -0.4 is 5.43 Å². The first-order valence-corrected chi connectivity index (χ1v) is 6.49. The monoisotopic (exact) mass is 298 g/mol. The van der Waals surface area contributed by atoms with Crippen molar-refractivity contribution in [3.8, 4) is 0 Å². The van der Waals surface area contributed by atoms with Crippen LogP contribution in [0, 0.1) is 17.0 Å². The number of hydrogen-bond donors (Lipinski definition) is 1. The van der Waals surface area contributed by atoms with Crippen LogP contribution in [0.1, 0.15) is 28.5 Å². The fourth-order valence-electron chi connectivity index (χ4n) is 1.71. The average Bonchev–Trinajstić information content (AvgIpc) is 2.53. The minimum absolute atomic E-state index is 0.0267. The van der Waals surface area contributed by atoms with Crippen molar-refractivity contribution in [3.05, 3.63) is 69.5 Å². The summed E-state index contributed by atoms with van der Waals surface area (Å²) in [6, 6.07) is 9.43. The van der Waals surface area contributed by atoms with Crippen molar-refractivity contribution in [1.29, 1.82) is 0 Å². The molecule has 1 heterocycles. The first-order valence-electron chi connectivity index (χ1n) is 6.49. The van der Waals surface area contributed by atoms with Crippen molar-refractivity contribution in [2.75, 3.05) is 0 Å². The van der Waals surface area contributed by atoms with E-state index in [-0.39, 0.29) is 5.69 Å². The predicted molar refractivity (Wildman–Crippen MR) is 81.7 cm³/mol. The third-order valence-electron chi connectivity index (χ3n) is 2.97. The Labute approximate surface area is 126 Å². The fourth-order valence-corrected chi connectivity index (χ4v) is 1.71. The fraction of sp³-hybridized carbons (Fsp3) is 0.133. The number of hydrazone groups is 1. The summed E-state index contributed by atoms with van der Waals surface area (Å²) in [5, 5.41) is 14.7. The van der Waals surface area contributed by atoms with Crippen LogP contribution in [0.15, 0.2) is 47.7 Å². The van der Waals surface area contributed by atoms with E-state index in [0.29, 0.717) is 16.8 Å². The Bertz CT molecular complexity index is 739. The second kappa shape index (κ2) is 6.57. The maximum Gasteiger partial charge on any atom is 0.272 e. The van der Waals surface area contributed by atoms with Crippen molar-refractivity contribution in [1.82, 2.24) is 10.4 Å². The largest absolute Gasteiger partial charge is 0.272 e. The lowest BCUT2D eigenvalue weighted by molar-refractivity contribution is -0.384. The molecule has 112 valence electrons. The molecule has 0 fully saturated rings. The SMILES string of the molecule is C/C(=N\NC(=O)c1ccc(C)nc1)c1cccc([N+](=O)[O-])c1. The number of aryl methyl sites for hydroxylation is 1. The summed E-state index contributed by atoms with van der Waals surface area (Å²) in [5.41, 5.74) is 4.62. The number of aromatic nitrogens is 1. The van der Waals surface area contributed by atoms with Crippen LogP contribution >= 0.6 is 0 Å². The highest BCUT2D eigenvalue weighted by Gasteiger charge is 2.08. The normalized spacial score (nSPS) is 11.1. The van der Waals surface area contributed by atoms with Gasteiger partial charge in [-0.1, -0.05) is 12.1 Å². The van der Waals surface area contributed by atoms with E-state index in [1.807, 2.05) is 6.92 Å². The maximum absolute atomic E-state index is 11.9. The molecule has 0 unspecified atom stereocenters. The number of benzene rings is 1. The Morgan fingerprint density at radius 1 is 1.27 bits per heavy atom. The topological polar surface area (TPSA) is 97.5 Å². The molecule has 0 saturated heterocycles. The lowest BCUT2D eigenvalue weighted by atomic mass is 10.1. The zero-order chi connectivity index (χ0) is 16.1. The molecule has 0 radical (unpaired) electrons. The van der Waals surface area contributed by atoms with Gasteiger partial charge in [-0.25, -0.2) is 5.43 Å². The van der Waals surface area contributed by atoms with Crippen LogP contribution in [0.2, 0.25) is 0 Å². The van der Waals surface area contributed by atoms with Crippen LogP contribution in [0.4, 0.5) is 5.69 Å². The zero-order valence-corrected chi connectivity index (χ0v) is 12.1. The highest BCUT2D eigenvalue weighted by Crippen LogP contribution is 2.13. The second-order valence-electron chi connectivity index (χ2n) is 4.63. The van der Waals surface area contributed by atoms with Crippen molar-refractivity contribution in [2.24, 2.45) is 5.10 Å². The molecule has 2 aromatic rings. The van der Waals surface area contributed by atoms with Crippen molar-refractivity contribution in [2.45, 2.75) is 13.8 Å². The number of nitro groups is 1. The molecule has 0 aliphatic carbocycles. The number of nitrogens with zero attached hydrogens (tertiary/aromatic N) is 3. The molecule has 0 aliphatic rings. The quantitative estimate of drug-likeness (QED) is 0.532. The second-order valence-corrected chi connectivity index (χ2v) is 4.63. The number of nitro benzene ring substituents is 1. The number of hydrogen-bond acceptors (Lipinski definition) is 5. The number of nitrogens with one attached hydrogen (secondary N) is 1. The van der Waals surface area contributed by atoms with Gasteiger partial charge in [-0.3, -0.25) is 19.9 Å². The first kappa shape index (κ1) is 15.3. The van der Waals surface area contributed by atoms with E-state index in [2.05, 4.69) is 15.5 Å². The van der Waals surface area contributed by atoms with E-state index in [1.54, 1.807) is 31.2 Å². The number of non-ortho nitro benzene ring substituents is 1. The Hall–Kier alpha value is -3.09. The molecule has 7 heteroatoms. The number of pyridine rings is 1. The molecular formula is C15H14N4O3. The minimum atomic E-state index is -0.479. The lowest BCUT2D eigenvalue weighted by Gasteiger charge is -2.03. The molecule has 1 amide bonds. The van der Waals surface area contributed by atoms with Gasteiger partial charge in [0, 0.05) is 29.6 Å². The summed E-state index contributed by atoms with van der Waals surface area (Å²) >= 11 is 0. The molecule has 0 aliphatic heterocycles. The lowest BCUT2D eigenvalue weighted by Crippen LogP contribution is -2.19. The summed E-state index contributed by atoms with van der Waals surface area (Å²) in [7, 11) is 0. The molecular weight excluding hydrogens is 284 g/mol. The van der Waals surface area contributed by atoms with E-state index in [0.717, 1.165) is 5.69 Å². The predicted octanol–water partition coefficient (Wildman–Crippen LogP) is 2.45. The summed E-state index contributed by atoms with van der Waals surface area (Å²) in [5.74, 6) is -0.391. The molecule has 2 rings (SSSR count). The van der Waals surface area contributed by atoms with Crippen LogP contribution in [-0.2, 0) is 0 Å². The van der Waals surface area contributed by atoms with Gasteiger partial charge in [0.1, 0.15) is 0 Å². The molecule has 0 spiro atoms. The standard InChI is InChI=1S/C15H14N4O3/c1-10-6-7-13(9-16-10)15(20)18-17-11(2)12-4-3-5-14(8-12)19(21)22/h3-9H,1-2H3,(H,18,20)/b17-11+. The molecule has 0 saturated carbocycles. The van der Waals surface area contributed by atoms with Crippen LogP contribution in [0.5, 0.6) is 0 Å². The molecule has 1 aromatic heterocycles. The summed E-state index contributed by atoms with van der Waals surface area (Å²) in [6.07, 6.45) is 1.46. The maximum atomic E-state index is 11.9. The molecule has 1 aromatic carbocycles. The summed E-state index contributed by atoms with van der Waals surface area (Å²) in [6.45, 7) is 3.49. The van der Waals surface area contributed by atoms with Gasteiger partial charge in [-0.15, -0.1) is 0 Å². The van der Waals surface area contributed by atoms with Gasteiger partial charge in [0.2, 0.25) is 0 Å². The summed E-state index contributed by atoms with van der Waals surface area (Å²) in [4.78, 5) is 26.2. The van der Waals surface area contributed by atoms with Crippen molar-refractivity contribution < 1.29 is 9.72 Å². The van der Waals surface area contributed by atoms with Gasteiger partial charge < -0.3 is 0 Å². The van der Waals surface area contributed by atoms with Gasteiger partial charge in [0.05, 0.1) is 16.2 Å². The average molecular weight is 298 g/mol. The Morgan fingerprint density at radius 2 is 2.05 bits per heavy atom. The van der Waals surface area contributed by atoms with E-state index in [1.165, 1.54) is 18.3 Å². The summed E-state index contributed by atoms with van der Waals surface area (Å²) < 4.78 is 0. The van der Waals surface area contributed by atoms with E-state index >= 15 is 0 Å². The van der Waals surface area contributed by atoms with Crippen LogP contribution in [0.3, 0.4) is 0 Å². The highest BCUT2D eigenvalue weighted by molar-refractivity contribution is 6.01. The Kier molecular flexibility index (Phi) is 4.57. The third kappa shape index (κ3) is 3.72. The van der Waals surface area contributed by atoms with Crippen LogP contribution in [0.25, 0.3) is 0 Å². The molecule has 22 heavy (non-hydrogen) atoms. The van der Waals surface area contributed by atoms with E-state index in [4.69, 9.17) is 0 Å². The van der Waals surface area contributed by atoms with Gasteiger partial charge in [0.25, 0.3) is 11.6 Å². The van der Waals surface area contributed by atoms with Gasteiger partial charge >= 0.3 is 0 Å². The Morgan fingerprint density at radius 3 is 2.68 bits per heavy atom. The van der Waals surface area contributed by atoms with E-state index < -0.39 is 10.8 Å². The highest BCUT2D eigenvalue weighted by atomic mass is 16.6. The molecule has 7 nitrogen and oxygen atoms in total. The van der Waals surface area contributed by atoms with Crippen molar-refractivity contribution >= 4 is 17.3 Å². The van der Waals surface area contributed by atoms with Gasteiger partial charge in [0.15, 0.2) is 0 Å². The number of amides is 1. The Balaban J connectivity index is 2.12. The van der Waals surface area contributed by atoms with Crippen molar-refractivity contribution in [3.63, 3.8) is 0 Å².